The van der Waals surface area contributed by atoms with Crippen molar-refractivity contribution in [2.24, 2.45) is 0 Å². The molecule has 0 aromatic heterocycles. The van der Waals surface area contributed by atoms with Gasteiger partial charge >= 0.3 is 6.09 Å². The molecule has 0 radical (unpaired) electrons. The number of benzene rings is 1. The number of carbonyl (C=O) groups is 1. The molecule has 2 N–H and O–H groups in total. The first-order valence-electron chi connectivity index (χ1n) is 8.63. The van der Waals surface area contributed by atoms with Crippen LogP contribution in [0.2, 0.25) is 0 Å². The van der Waals surface area contributed by atoms with Gasteiger partial charge in [0, 0.05) is 26.9 Å². The van der Waals surface area contributed by atoms with Gasteiger partial charge in [0.15, 0.2) is 0 Å². The van der Waals surface area contributed by atoms with Crippen molar-refractivity contribution in [3.63, 3.8) is 0 Å². The van der Waals surface area contributed by atoms with Crippen molar-refractivity contribution in [2.45, 2.75) is 31.3 Å². The lowest BCUT2D eigenvalue weighted by atomic mass is 9.93. The van der Waals surface area contributed by atoms with Crippen LogP contribution >= 0.6 is 12.2 Å². The largest absolute Gasteiger partial charge is 0.442 e. The van der Waals surface area contributed by atoms with Gasteiger partial charge in [0.2, 0.25) is 0 Å². The van der Waals surface area contributed by atoms with E-state index in [1.807, 2.05) is 24.3 Å². The number of ether oxygens (including phenoxy) is 1. The summed E-state index contributed by atoms with van der Waals surface area (Å²) in [6.45, 7) is 0.291. The average Bonchev–Trinajstić information content (AvgIpc) is 3.00. The lowest BCUT2D eigenvalue weighted by Crippen LogP contribution is -2.36. The fourth-order valence-electron chi connectivity index (χ4n) is 3.30. The van der Waals surface area contributed by atoms with Gasteiger partial charge in [-0.3, -0.25) is 9.68 Å². The number of amides is 1. The minimum atomic E-state index is -2.73. The van der Waals surface area contributed by atoms with Crippen LogP contribution in [0.4, 0.5) is 19.3 Å². The summed E-state index contributed by atoms with van der Waals surface area (Å²) in [5.41, 5.74) is 1.77. The zero-order valence-electron chi connectivity index (χ0n) is 14.5. The molecule has 1 atom stereocenters. The van der Waals surface area contributed by atoms with E-state index in [9.17, 15) is 17.8 Å². The highest BCUT2D eigenvalue weighted by Crippen LogP contribution is 2.31. The lowest BCUT2D eigenvalue weighted by molar-refractivity contribution is 0.142. The van der Waals surface area contributed by atoms with Crippen molar-refractivity contribution in [3.8, 4) is 0 Å². The zero-order valence-corrected chi connectivity index (χ0v) is 16.2. The first kappa shape index (κ1) is 19.9. The quantitative estimate of drug-likeness (QED) is 0.720. The molecule has 2 aliphatic rings. The molecule has 0 aliphatic carbocycles. The van der Waals surface area contributed by atoms with Gasteiger partial charge in [-0.05, 0) is 36.5 Å². The number of alkyl halides is 2. The standard InChI is InChI=1S/C17H21F2N3O3S2/c18-15(19)16(26)21-9-14-10-22(17(23)25-14)13-3-1-11(2-4-13)12-5-7-27(20,24)8-6-12/h1-4,12,14-15,20H,5-10H2,(H,21,26)/t12?,14-,27?/m0/s1. The summed E-state index contributed by atoms with van der Waals surface area (Å²) >= 11 is 4.51. The molecular formula is C17H21F2N3O3S2. The predicted octanol–water partition coefficient (Wildman–Crippen LogP) is 3.12. The molecule has 0 saturated carbocycles. The Morgan fingerprint density at radius 2 is 1.96 bits per heavy atom. The number of nitrogens with one attached hydrogen (secondary N) is 2. The number of nitrogens with zero attached hydrogens (tertiary/aromatic N) is 1. The molecule has 0 bridgehead atoms. The van der Waals surface area contributed by atoms with E-state index in [1.54, 1.807) is 0 Å². The van der Waals surface area contributed by atoms with Crippen molar-refractivity contribution in [1.29, 1.82) is 4.78 Å². The Kier molecular flexibility index (Phi) is 5.95. The number of hydrogen-bond acceptors (Lipinski definition) is 5. The Labute approximate surface area is 162 Å². The number of rotatable bonds is 5. The molecule has 27 heavy (non-hydrogen) atoms. The fraction of sp³-hybridized carbons (Fsp3) is 0.529. The summed E-state index contributed by atoms with van der Waals surface area (Å²) in [4.78, 5) is 13.0. The van der Waals surface area contributed by atoms with Crippen LogP contribution in [0.15, 0.2) is 24.3 Å². The van der Waals surface area contributed by atoms with Crippen LogP contribution in [0, 0.1) is 4.78 Å². The van der Waals surface area contributed by atoms with Gasteiger partial charge in [-0.2, -0.15) is 0 Å². The van der Waals surface area contributed by atoms with E-state index < -0.39 is 33.3 Å². The van der Waals surface area contributed by atoms with E-state index in [2.05, 4.69) is 17.5 Å². The highest BCUT2D eigenvalue weighted by atomic mass is 32.2. The second-order valence-electron chi connectivity index (χ2n) is 6.75. The second-order valence-corrected chi connectivity index (χ2v) is 9.63. The molecule has 2 fully saturated rings. The molecule has 1 amide bonds. The molecule has 10 heteroatoms. The molecule has 3 rings (SSSR count). The first-order chi connectivity index (χ1) is 12.7. The molecule has 0 spiro atoms. The molecule has 1 aromatic rings. The summed E-state index contributed by atoms with van der Waals surface area (Å²) in [5.74, 6) is 1.12. The smallest absolute Gasteiger partial charge is 0.414 e. The summed E-state index contributed by atoms with van der Waals surface area (Å²) in [7, 11) is -2.41. The van der Waals surface area contributed by atoms with Crippen LogP contribution in [-0.2, 0) is 14.5 Å². The van der Waals surface area contributed by atoms with Crippen LogP contribution in [0.3, 0.4) is 0 Å². The highest BCUT2D eigenvalue weighted by Gasteiger charge is 2.33. The van der Waals surface area contributed by atoms with Crippen molar-refractivity contribution >= 4 is 38.7 Å². The zero-order chi connectivity index (χ0) is 19.6. The Morgan fingerprint density at radius 1 is 1.33 bits per heavy atom. The second kappa shape index (κ2) is 8.05. The third kappa shape index (κ3) is 4.92. The van der Waals surface area contributed by atoms with Crippen LogP contribution in [0.25, 0.3) is 0 Å². The van der Waals surface area contributed by atoms with E-state index in [-0.39, 0.29) is 19.0 Å². The summed E-state index contributed by atoms with van der Waals surface area (Å²) < 4.78 is 49.4. The van der Waals surface area contributed by atoms with Crippen molar-refractivity contribution in [1.82, 2.24) is 5.32 Å². The Balaban J connectivity index is 1.58. The number of thiocarbonyl (C=S) groups is 1. The monoisotopic (exact) mass is 417 g/mol. The van der Waals surface area contributed by atoms with Crippen LogP contribution in [0.5, 0.6) is 0 Å². The highest BCUT2D eigenvalue weighted by molar-refractivity contribution is 7.92. The topological polar surface area (TPSA) is 82.5 Å². The normalized spacial score (nSPS) is 28.3. The van der Waals surface area contributed by atoms with Gasteiger partial charge in [0.05, 0.1) is 13.1 Å². The average molecular weight is 418 g/mol. The lowest BCUT2D eigenvalue weighted by Gasteiger charge is -2.24. The molecule has 2 saturated heterocycles. The van der Waals surface area contributed by atoms with Crippen LogP contribution in [0.1, 0.15) is 24.3 Å². The predicted molar refractivity (Wildman–Crippen MR) is 103 cm³/mol. The summed E-state index contributed by atoms with van der Waals surface area (Å²) in [6.07, 6.45) is -2.36. The Morgan fingerprint density at radius 3 is 2.56 bits per heavy atom. The first-order valence-corrected chi connectivity index (χ1v) is 10.9. The molecule has 1 aromatic carbocycles. The Hall–Kier alpha value is -1.81. The summed E-state index contributed by atoms with van der Waals surface area (Å²) in [6, 6.07) is 7.51. The maximum absolute atomic E-state index is 12.4. The molecule has 2 heterocycles. The summed E-state index contributed by atoms with van der Waals surface area (Å²) in [5, 5.41) is 2.41. The van der Waals surface area contributed by atoms with Crippen LogP contribution < -0.4 is 10.2 Å². The number of halogens is 2. The molecular weight excluding hydrogens is 396 g/mol. The number of hydrogen-bond donors (Lipinski definition) is 2. The van der Waals surface area contributed by atoms with Crippen molar-refractivity contribution < 1.29 is 22.5 Å². The van der Waals surface area contributed by atoms with E-state index in [4.69, 9.17) is 9.52 Å². The van der Waals surface area contributed by atoms with Gasteiger partial charge in [0.1, 0.15) is 11.1 Å². The van der Waals surface area contributed by atoms with E-state index in [0.717, 1.165) is 18.4 Å². The van der Waals surface area contributed by atoms with Crippen LogP contribution in [-0.4, -0.2) is 52.4 Å². The van der Waals surface area contributed by atoms with E-state index in [1.165, 1.54) is 4.90 Å². The van der Waals surface area contributed by atoms with Crippen molar-refractivity contribution in [3.05, 3.63) is 29.8 Å². The number of anilines is 1. The van der Waals surface area contributed by atoms with Gasteiger partial charge in [-0.1, -0.05) is 24.4 Å². The van der Waals surface area contributed by atoms with E-state index in [0.29, 0.717) is 17.2 Å². The molecule has 0 unspecified atom stereocenters. The minimum Gasteiger partial charge on any atom is -0.442 e. The third-order valence-electron chi connectivity index (χ3n) is 4.84. The van der Waals surface area contributed by atoms with Gasteiger partial charge in [-0.25, -0.2) is 17.8 Å². The maximum atomic E-state index is 12.4. The fourth-order valence-corrected chi connectivity index (χ4v) is 4.92. The Bertz CT molecular complexity index is 801. The number of carbonyl (C=O) groups excluding carboxylic acids is 1. The number of cyclic esters (lactones) is 1. The van der Waals surface area contributed by atoms with E-state index >= 15 is 0 Å². The van der Waals surface area contributed by atoms with Gasteiger partial charge in [0.25, 0.3) is 6.43 Å². The SMILES string of the molecule is N=S1(=O)CCC(c2ccc(N3C[C@H](CNC(=S)C(F)F)OC3=O)cc2)CC1. The molecule has 6 nitrogen and oxygen atoms in total. The van der Waals surface area contributed by atoms with Gasteiger partial charge in [-0.15, -0.1) is 0 Å². The third-order valence-corrected chi connectivity index (χ3v) is 6.96. The molecule has 148 valence electrons. The minimum absolute atomic E-state index is 0.0397. The maximum Gasteiger partial charge on any atom is 0.414 e. The van der Waals surface area contributed by atoms with Gasteiger partial charge < -0.3 is 10.1 Å². The molecule has 2 aliphatic heterocycles. The van der Waals surface area contributed by atoms with Crippen molar-refractivity contribution in [2.75, 3.05) is 29.5 Å².